The zero-order valence-electron chi connectivity index (χ0n) is 12.0. The van der Waals surface area contributed by atoms with Crippen LogP contribution < -0.4 is 4.74 Å². The lowest BCUT2D eigenvalue weighted by Gasteiger charge is -2.16. The monoisotopic (exact) mass is 301 g/mol. The van der Waals surface area contributed by atoms with Crippen molar-refractivity contribution in [2.75, 3.05) is 0 Å². The van der Waals surface area contributed by atoms with Crippen molar-refractivity contribution in [3.63, 3.8) is 0 Å². The van der Waals surface area contributed by atoms with Crippen LogP contribution in [0.5, 0.6) is 5.75 Å². The third-order valence-corrected chi connectivity index (χ3v) is 4.15. The van der Waals surface area contributed by atoms with Gasteiger partial charge >= 0.3 is 0 Å². The molecule has 1 aromatic heterocycles. The van der Waals surface area contributed by atoms with Gasteiger partial charge in [-0.05, 0) is 61.2 Å². The normalized spacial score (nSPS) is 13.7. The molecule has 2 aromatic rings. The van der Waals surface area contributed by atoms with Crippen molar-refractivity contribution in [2.45, 2.75) is 38.8 Å². The van der Waals surface area contributed by atoms with Crippen LogP contribution in [0.4, 0.5) is 0 Å². The summed E-state index contributed by atoms with van der Waals surface area (Å²) in [5, 5.41) is 7.01. The summed E-state index contributed by atoms with van der Waals surface area (Å²) in [4.78, 5) is 0. The molecule has 0 saturated heterocycles. The molecule has 0 amide bonds. The first-order valence-corrected chi connectivity index (χ1v) is 7.68. The molecule has 1 N–H and O–H groups in total. The van der Waals surface area contributed by atoms with E-state index in [0.29, 0.717) is 17.9 Å². The van der Waals surface area contributed by atoms with Gasteiger partial charge in [-0.3, -0.25) is 9.67 Å². The molecule has 0 spiro atoms. The molecule has 0 saturated carbocycles. The Hall–Kier alpha value is -1.88. The van der Waals surface area contributed by atoms with Crippen molar-refractivity contribution in [3.05, 3.63) is 52.6 Å². The van der Waals surface area contributed by atoms with Crippen LogP contribution >= 0.6 is 12.2 Å². The van der Waals surface area contributed by atoms with Gasteiger partial charge in [-0.1, -0.05) is 12.1 Å². The molecule has 0 atom stereocenters. The second kappa shape index (κ2) is 6.26. The van der Waals surface area contributed by atoms with E-state index in [4.69, 9.17) is 17.0 Å². The summed E-state index contributed by atoms with van der Waals surface area (Å²) in [6.45, 7) is 4.77. The number of ether oxygens (including phenoxy) is 1. The lowest BCUT2D eigenvalue weighted by Crippen LogP contribution is -2.07. The third-order valence-electron chi connectivity index (χ3n) is 3.84. The highest BCUT2D eigenvalue weighted by Crippen LogP contribution is 2.25. The molecule has 21 heavy (non-hydrogen) atoms. The maximum absolute atomic E-state index is 5.87. The first kappa shape index (κ1) is 14.1. The number of fused-ring (bicyclic) bond motifs is 1. The Labute approximate surface area is 129 Å². The number of aromatic amines is 1. The lowest BCUT2D eigenvalue weighted by atomic mass is 9.92. The summed E-state index contributed by atoms with van der Waals surface area (Å²) in [5.41, 5.74) is 2.88. The van der Waals surface area contributed by atoms with Crippen LogP contribution in [0.2, 0.25) is 0 Å². The van der Waals surface area contributed by atoms with Gasteiger partial charge in [-0.25, -0.2) is 0 Å². The Morgan fingerprint density at radius 2 is 2.14 bits per heavy atom. The maximum atomic E-state index is 5.87. The minimum Gasteiger partial charge on any atom is -0.486 e. The van der Waals surface area contributed by atoms with Crippen LogP contribution in [-0.2, 0) is 26.0 Å². The molecule has 5 heteroatoms. The molecule has 1 aliphatic carbocycles. The van der Waals surface area contributed by atoms with Gasteiger partial charge in [0.1, 0.15) is 12.4 Å². The summed E-state index contributed by atoms with van der Waals surface area (Å²) in [5.74, 6) is 1.69. The predicted molar refractivity (Wildman–Crippen MR) is 85.0 cm³/mol. The van der Waals surface area contributed by atoms with Crippen LogP contribution in [0.1, 0.15) is 29.8 Å². The minimum absolute atomic E-state index is 0.403. The summed E-state index contributed by atoms with van der Waals surface area (Å²) < 4.78 is 8.36. The number of allylic oxidation sites excluding steroid dienone is 1. The first-order chi connectivity index (χ1) is 10.3. The highest BCUT2D eigenvalue weighted by Gasteiger charge is 2.11. The van der Waals surface area contributed by atoms with Crippen molar-refractivity contribution >= 4 is 12.2 Å². The van der Waals surface area contributed by atoms with Crippen LogP contribution in [-0.4, -0.2) is 14.8 Å². The molecule has 110 valence electrons. The zero-order valence-corrected chi connectivity index (χ0v) is 12.8. The highest BCUT2D eigenvalue weighted by atomic mass is 32.1. The van der Waals surface area contributed by atoms with Crippen LogP contribution in [0, 0.1) is 4.77 Å². The SMILES string of the molecule is C=CCn1c(COc2ccc3c(c2)CCCC3)n[nH]c1=S. The predicted octanol–water partition coefficient (Wildman–Crippen LogP) is 3.58. The summed E-state index contributed by atoms with van der Waals surface area (Å²) in [6.07, 6.45) is 6.71. The molecule has 0 bridgehead atoms. The molecule has 0 radical (unpaired) electrons. The molecular formula is C16H19N3OS. The molecule has 1 heterocycles. The second-order valence-corrected chi connectivity index (χ2v) is 5.66. The van der Waals surface area contributed by atoms with Gasteiger partial charge in [0.25, 0.3) is 0 Å². The van der Waals surface area contributed by atoms with Gasteiger partial charge in [-0.15, -0.1) is 6.58 Å². The number of aromatic nitrogens is 3. The van der Waals surface area contributed by atoms with E-state index in [0.717, 1.165) is 18.0 Å². The van der Waals surface area contributed by atoms with Crippen LogP contribution in [0.3, 0.4) is 0 Å². The molecule has 0 fully saturated rings. The summed E-state index contributed by atoms with van der Waals surface area (Å²) >= 11 is 5.19. The molecule has 0 aliphatic heterocycles. The second-order valence-electron chi connectivity index (χ2n) is 5.27. The van der Waals surface area contributed by atoms with Gasteiger partial charge in [-0.2, -0.15) is 5.10 Å². The summed E-state index contributed by atoms with van der Waals surface area (Å²) in [7, 11) is 0. The van der Waals surface area contributed by atoms with Gasteiger partial charge in [0.15, 0.2) is 10.6 Å². The van der Waals surface area contributed by atoms with Crippen molar-refractivity contribution in [3.8, 4) is 5.75 Å². The van der Waals surface area contributed by atoms with Gasteiger partial charge in [0.05, 0.1) is 0 Å². The van der Waals surface area contributed by atoms with E-state index in [2.05, 4.69) is 28.9 Å². The Morgan fingerprint density at radius 1 is 1.33 bits per heavy atom. The average Bonchev–Trinajstić information content (AvgIpc) is 2.86. The van der Waals surface area contributed by atoms with E-state index < -0.39 is 0 Å². The molecule has 4 nitrogen and oxygen atoms in total. The average molecular weight is 301 g/mol. The smallest absolute Gasteiger partial charge is 0.195 e. The molecule has 3 rings (SSSR count). The third kappa shape index (κ3) is 3.08. The van der Waals surface area contributed by atoms with Gasteiger partial charge < -0.3 is 4.74 Å². The van der Waals surface area contributed by atoms with E-state index in [9.17, 15) is 0 Å². The molecule has 0 unspecified atom stereocenters. The van der Waals surface area contributed by atoms with Crippen LogP contribution in [0.25, 0.3) is 0 Å². The number of rotatable bonds is 5. The minimum atomic E-state index is 0.403. The molecule has 1 aromatic carbocycles. The number of aryl methyl sites for hydroxylation is 2. The van der Waals surface area contributed by atoms with Gasteiger partial charge in [0, 0.05) is 6.54 Å². The van der Waals surface area contributed by atoms with Crippen molar-refractivity contribution in [2.24, 2.45) is 0 Å². The largest absolute Gasteiger partial charge is 0.486 e. The standard InChI is InChI=1S/C16H19N3OS/c1-2-9-19-15(17-18-16(19)21)11-20-14-8-7-12-5-3-4-6-13(12)10-14/h2,7-8,10H,1,3-6,9,11H2,(H,18,21). The topological polar surface area (TPSA) is 42.8 Å². The quantitative estimate of drug-likeness (QED) is 0.678. The Morgan fingerprint density at radius 3 is 2.95 bits per heavy atom. The Kier molecular flexibility index (Phi) is 4.20. The fourth-order valence-corrected chi connectivity index (χ4v) is 2.95. The van der Waals surface area contributed by atoms with Crippen molar-refractivity contribution < 1.29 is 4.74 Å². The number of hydrogen-bond donors (Lipinski definition) is 1. The molecule has 1 aliphatic rings. The first-order valence-electron chi connectivity index (χ1n) is 7.27. The number of nitrogens with zero attached hydrogens (tertiary/aromatic N) is 2. The Bertz CT molecular complexity index is 702. The van der Waals surface area contributed by atoms with E-state index >= 15 is 0 Å². The van der Waals surface area contributed by atoms with Crippen LogP contribution in [0.15, 0.2) is 30.9 Å². The zero-order chi connectivity index (χ0) is 14.7. The Balaban J connectivity index is 1.73. The fourth-order valence-electron chi connectivity index (χ4n) is 2.73. The number of H-pyrrole nitrogens is 1. The van der Waals surface area contributed by atoms with Gasteiger partial charge in [0.2, 0.25) is 0 Å². The van der Waals surface area contributed by atoms with E-state index in [1.165, 1.54) is 30.4 Å². The molecular weight excluding hydrogens is 282 g/mol. The van der Waals surface area contributed by atoms with E-state index in [1.54, 1.807) is 6.08 Å². The highest BCUT2D eigenvalue weighted by molar-refractivity contribution is 7.71. The summed E-state index contributed by atoms with van der Waals surface area (Å²) in [6, 6.07) is 6.39. The van der Waals surface area contributed by atoms with E-state index in [-0.39, 0.29) is 0 Å². The number of benzene rings is 1. The number of nitrogens with one attached hydrogen (secondary N) is 1. The van der Waals surface area contributed by atoms with Crippen molar-refractivity contribution in [1.82, 2.24) is 14.8 Å². The lowest BCUT2D eigenvalue weighted by molar-refractivity contribution is 0.289. The maximum Gasteiger partial charge on any atom is 0.195 e. The van der Waals surface area contributed by atoms with E-state index in [1.807, 2.05) is 10.6 Å². The van der Waals surface area contributed by atoms with Crippen molar-refractivity contribution in [1.29, 1.82) is 0 Å². The number of hydrogen-bond acceptors (Lipinski definition) is 3. The fraction of sp³-hybridized carbons (Fsp3) is 0.375.